The summed E-state index contributed by atoms with van der Waals surface area (Å²) in [6, 6.07) is 5.63. The Morgan fingerprint density at radius 2 is 2.12 bits per heavy atom. The summed E-state index contributed by atoms with van der Waals surface area (Å²) in [6.07, 6.45) is 4.39. The summed E-state index contributed by atoms with van der Waals surface area (Å²) < 4.78 is 4.81. The lowest BCUT2D eigenvalue weighted by atomic mass is 9.78. The molecule has 0 radical (unpaired) electrons. The van der Waals surface area contributed by atoms with Crippen LogP contribution in [0.5, 0.6) is 0 Å². The number of rotatable bonds is 2. The molecular formula is C20H23N3O3. The smallest absolute Gasteiger partial charge is 0.337 e. The number of ether oxygens (including phenoxy) is 1. The summed E-state index contributed by atoms with van der Waals surface area (Å²) in [5, 5.41) is 7.17. The lowest BCUT2D eigenvalue weighted by Gasteiger charge is -2.35. The van der Waals surface area contributed by atoms with Crippen LogP contribution in [-0.4, -0.2) is 40.6 Å². The molecule has 1 amide bonds. The molecule has 6 heteroatoms. The van der Waals surface area contributed by atoms with Gasteiger partial charge in [0.2, 0.25) is 5.91 Å². The van der Waals surface area contributed by atoms with Crippen molar-refractivity contribution in [2.24, 2.45) is 5.92 Å². The molecule has 2 atom stereocenters. The summed E-state index contributed by atoms with van der Waals surface area (Å²) in [5.41, 5.74) is 5.11. The average molecular weight is 353 g/mol. The first-order valence-corrected chi connectivity index (χ1v) is 9.09. The molecule has 4 rings (SSSR count). The van der Waals surface area contributed by atoms with E-state index in [0.29, 0.717) is 12.1 Å². The first kappa shape index (κ1) is 16.8. The van der Waals surface area contributed by atoms with Crippen LogP contribution in [-0.2, 0) is 28.9 Å². The molecule has 1 aliphatic carbocycles. The predicted molar refractivity (Wildman–Crippen MR) is 95.7 cm³/mol. The number of nitrogens with zero attached hydrogens (tertiary/aromatic N) is 2. The van der Waals surface area contributed by atoms with Crippen molar-refractivity contribution >= 4 is 11.9 Å². The maximum absolute atomic E-state index is 13.2. The Morgan fingerprint density at radius 3 is 2.92 bits per heavy atom. The highest BCUT2D eigenvalue weighted by molar-refractivity contribution is 5.89. The quantitative estimate of drug-likeness (QED) is 0.842. The fourth-order valence-corrected chi connectivity index (χ4v) is 4.24. The van der Waals surface area contributed by atoms with E-state index in [1.54, 1.807) is 6.07 Å². The Morgan fingerprint density at radius 1 is 1.27 bits per heavy atom. The van der Waals surface area contributed by atoms with Gasteiger partial charge in [0.15, 0.2) is 0 Å². The van der Waals surface area contributed by atoms with Crippen LogP contribution in [0.2, 0.25) is 0 Å². The molecule has 0 spiro atoms. The lowest BCUT2D eigenvalue weighted by Crippen LogP contribution is -2.42. The van der Waals surface area contributed by atoms with Crippen molar-refractivity contribution < 1.29 is 14.3 Å². The van der Waals surface area contributed by atoms with E-state index in [-0.39, 0.29) is 23.7 Å². The summed E-state index contributed by atoms with van der Waals surface area (Å²) >= 11 is 0. The molecule has 0 bridgehead atoms. The van der Waals surface area contributed by atoms with Crippen molar-refractivity contribution in [1.82, 2.24) is 15.1 Å². The van der Waals surface area contributed by atoms with Gasteiger partial charge in [0.05, 0.1) is 18.9 Å². The Labute approximate surface area is 152 Å². The SMILES string of the molecule is COC(=O)c1ccc2c(c1)CN(C(=O)C1CCc3[nH]ncc3C1C)CC2. The van der Waals surface area contributed by atoms with Crippen LogP contribution in [0.4, 0.5) is 0 Å². The molecule has 136 valence electrons. The van der Waals surface area contributed by atoms with Crippen molar-refractivity contribution in [2.45, 2.75) is 38.6 Å². The highest BCUT2D eigenvalue weighted by Gasteiger charge is 2.36. The number of aromatic amines is 1. The van der Waals surface area contributed by atoms with Crippen molar-refractivity contribution in [1.29, 1.82) is 0 Å². The first-order valence-electron chi connectivity index (χ1n) is 9.09. The van der Waals surface area contributed by atoms with Crippen LogP contribution in [0.3, 0.4) is 0 Å². The maximum atomic E-state index is 13.2. The number of methoxy groups -OCH3 is 1. The molecule has 1 aromatic carbocycles. The van der Waals surface area contributed by atoms with Crippen molar-refractivity contribution in [3.05, 3.63) is 52.3 Å². The van der Waals surface area contributed by atoms with Gasteiger partial charge in [-0.1, -0.05) is 13.0 Å². The predicted octanol–water partition coefficient (Wildman–Crippen LogP) is 2.45. The van der Waals surface area contributed by atoms with E-state index >= 15 is 0 Å². The second kappa shape index (κ2) is 6.59. The van der Waals surface area contributed by atoms with Crippen LogP contribution in [0.1, 0.15) is 52.0 Å². The second-order valence-corrected chi connectivity index (χ2v) is 7.22. The highest BCUT2D eigenvalue weighted by atomic mass is 16.5. The van der Waals surface area contributed by atoms with Crippen molar-refractivity contribution in [3.8, 4) is 0 Å². The Hall–Kier alpha value is -2.63. The molecule has 26 heavy (non-hydrogen) atoms. The summed E-state index contributed by atoms with van der Waals surface area (Å²) in [6.45, 7) is 3.40. The van der Waals surface area contributed by atoms with Gasteiger partial charge >= 0.3 is 5.97 Å². The molecule has 1 aromatic heterocycles. The van der Waals surface area contributed by atoms with E-state index in [0.717, 1.165) is 37.1 Å². The molecule has 2 aromatic rings. The van der Waals surface area contributed by atoms with Gasteiger partial charge in [-0.2, -0.15) is 5.10 Å². The minimum atomic E-state index is -0.343. The number of aromatic nitrogens is 2. The molecule has 0 saturated carbocycles. The number of fused-ring (bicyclic) bond motifs is 2. The number of aryl methyl sites for hydroxylation is 1. The van der Waals surface area contributed by atoms with Crippen molar-refractivity contribution in [2.75, 3.05) is 13.7 Å². The number of carbonyl (C=O) groups is 2. The first-order chi connectivity index (χ1) is 12.6. The van der Waals surface area contributed by atoms with E-state index in [9.17, 15) is 9.59 Å². The second-order valence-electron chi connectivity index (χ2n) is 7.22. The number of H-pyrrole nitrogens is 1. The molecule has 1 aliphatic heterocycles. The molecular weight excluding hydrogens is 330 g/mol. The van der Waals surface area contributed by atoms with E-state index in [1.165, 1.54) is 18.2 Å². The number of carbonyl (C=O) groups excluding carboxylic acids is 2. The van der Waals surface area contributed by atoms with Gasteiger partial charge in [0.1, 0.15) is 0 Å². The number of amides is 1. The van der Waals surface area contributed by atoms with E-state index in [2.05, 4.69) is 17.1 Å². The van der Waals surface area contributed by atoms with Crippen LogP contribution in [0, 0.1) is 5.92 Å². The molecule has 2 heterocycles. The van der Waals surface area contributed by atoms with Crippen LogP contribution in [0.25, 0.3) is 0 Å². The Kier molecular flexibility index (Phi) is 4.26. The standard InChI is InChI=1S/C20H23N3O3/c1-12-16(5-6-18-17(12)10-21-22-18)19(24)23-8-7-13-3-4-14(20(25)26-2)9-15(13)11-23/h3-4,9-10,12,16H,5-8,11H2,1-2H3,(H,21,22). The van der Waals surface area contributed by atoms with E-state index < -0.39 is 0 Å². The molecule has 0 saturated heterocycles. The van der Waals surface area contributed by atoms with Gasteiger partial charge in [0.25, 0.3) is 0 Å². The van der Waals surface area contributed by atoms with Crippen LogP contribution >= 0.6 is 0 Å². The van der Waals surface area contributed by atoms with Gasteiger partial charge < -0.3 is 9.64 Å². The number of hydrogen-bond donors (Lipinski definition) is 1. The summed E-state index contributed by atoms with van der Waals surface area (Å²) in [7, 11) is 1.38. The summed E-state index contributed by atoms with van der Waals surface area (Å²) in [4.78, 5) is 26.9. The third-order valence-electron chi connectivity index (χ3n) is 5.82. The van der Waals surface area contributed by atoms with Crippen LogP contribution < -0.4 is 0 Å². The number of benzene rings is 1. The zero-order valence-electron chi connectivity index (χ0n) is 15.1. The van der Waals surface area contributed by atoms with Gasteiger partial charge in [-0.3, -0.25) is 9.89 Å². The maximum Gasteiger partial charge on any atom is 0.337 e. The van der Waals surface area contributed by atoms with Gasteiger partial charge in [0, 0.05) is 24.7 Å². The van der Waals surface area contributed by atoms with Gasteiger partial charge in [-0.25, -0.2) is 4.79 Å². The third kappa shape index (κ3) is 2.79. The third-order valence-corrected chi connectivity index (χ3v) is 5.82. The Bertz CT molecular complexity index is 858. The average Bonchev–Trinajstić information content (AvgIpc) is 3.16. The molecule has 1 N–H and O–H groups in total. The number of hydrogen-bond acceptors (Lipinski definition) is 4. The highest BCUT2D eigenvalue weighted by Crippen LogP contribution is 2.36. The molecule has 2 unspecified atom stereocenters. The minimum Gasteiger partial charge on any atom is -0.465 e. The zero-order valence-corrected chi connectivity index (χ0v) is 15.1. The van der Waals surface area contributed by atoms with Crippen LogP contribution in [0.15, 0.2) is 24.4 Å². The van der Waals surface area contributed by atoms with Gasteiger partial charge in [-0.05, 0) is 54.0 Å². The van der Waals surface area contributed by atoms with Crippen molar-refractivity contribution in [3.63, 3.8) is 0 Å². The monoisotopic (exact) mass is 353 g/mol. The minimum absolute atomic E-state index is 0.00885. The normalized spacial score (nSPS) is 21.7. The topological polar surface area (TPSA) is 75.3 Å². The number of esters is 1. The largest absolute Gasteiger partial charge is 0.465 e. The molecule has 2 aliphatic rings. The molecule has 6 nitrogen and oxygen atoms in total. The molecule has 0 fully saturated rings. The lowest BCUT2D eigenvalue weighted by molar-refractivity contribution is -0.137. The Balaban J connectivity index is 1.53. The van der Waals surface area contributed by atoms with E-state index in [4.69, 9.17) is 4.74 Å². The van der Waals surface area contributed by atoms with E-state index in [1.807, 2.05) is 23.2 Å². The fraction of sp³-hybridized carbons (Fsp3) is 0.450. The summed E-state index contributed by atoms with van der Waals surface area (Å²) in [5.74, 6) is 0.0290. The van der Waals surface area contributed by atoms with Gasteiger partial charge in [-0.15, -0.1) is 0 Å². The zero-order chi connectivity index (χ0) is 18.3. The number of nitrogens with one attached hydrogen (secondary N) is 1. The fourth-order valence-electron chi connectivity index (χ4n) is 4.24.